The van der Waals surface area contributed by atoms with Crippen LogP contribution in [0.25, 0.3) is 10.8 Å². The van der Waals surface area contributed by atoms with Crippen molar-refractivity contribution in [1.29, 1.82) is 0 Å². The predicted octanol–water partition coefficient (Wildman–Crippen LogP) is 3.62. The number of benzene rings is 2. The molecule has 1 heterocycles. The molecule has 2 aromatic carbocycles. The minimum Gasteiger partial charge on any atom is -0.491 e. The Morgan fingerprint density at radius 3 is 2.82 bits per heavy atom. The van der Waals surface area contributed by atoms with Gasteiger partial charge in [-0.15, -0.1) is 0 Å². The van der Waals surface area contributed by atoms with Gasteiger partial charge in [-0.2, -0.15) is 5.10 Å². The van der Waals surface area contributed by atoms with Gasteiger partial charge in [0.05, 0.1) is 12.6 Å². The molecule has 1 aromatic heterocycles. The second-order valence-corrected chi connectivity index (χ2v) is 5.68. The Labute approximate surface area is 133 Å². The first kappa shape index (κ1) is 14.6. The topological polar surface area (TPSA) is 54.9 Å². The maximum Gasteiger partial charge on any atom is 0.214 e. The lowest BCUT2D eigenvalue weighted by Crippen LogP contribution is -2.15. The van der Waals surface area contributed by atoms with E-state index >= 15 is 0 Å². The summed E-state index contributed by atoms with van der Waals surface area (Å²) in [5, 5.41) is 8.99. The molecule has 0 saturated carbocycles. The van der Waals surface area contributed by atoms with Crippen LogP contribution in [0.2, 0.25) is 0 Å². The summed E-state index contributed by atoms with van der Waals surface area (Å²) in [7, 11) is 0. The molecule has 3 rings (SSSR count). The lowest BCUT2D eigenvalue weighted by molar-refractivity contribution is 0.240. The van der Waals surface area contributed by atoms with Crippen LogP contribution in [0.3, 0.4) is 0 Å². The fourth-order valence-corrected chi connectivity index (χ4v) is 2.55. The third-order valence-corrected chi connectivity index (χ3v) is 3.63. The highest BCUT2D eigenvalue weighted by atomic mass is 32.1. The molecule has 5 nitrogen and oxygen atoms in total. The van der Waals surface area contributed by atoms with Crippen LogP contribution in [0.5, 0.6) is 5.75 Å². The van der Waals surface area contributed by atoms with E-state index in [0.717, 1.165) is 11.3 Å². The molecular formula is C16H18N4OS. The van der Waals surface area contributed by atoms with Gasteiger partial charge < -0.3 is 10.2 Å². The summed E-state index contributed by atoms with van der Waals surface area (Å²) in [5.74, 6) is 0.885. The molecule has 0 atom stereocenters. The van der Waals surface area contributed by atoms with Gasteiger partial charge in [0.15, 0.2) is 0 Å². The maximum atomic E-state index is 5.95. The number of aromatic nitrogens is 3. The van der Waals surface area contributed by atoms with Crippen molar-refractivity contribution in [2.45, 2.75) is 26.5 Å². The van der Waals surface area contributed by atoms with Gasteiger partial charge in [0.25, 0.3) is 0 Å². The Balaban J connectivity index is 2.00. The molecule has 0 radical (unpaired) electrons. The second kappa shape index (κ2) is 6.19. The van der Waals surface area contributed by atoms with Crippen molar-refractivity contribution in [3.8, 4) is 5.75 Å². The van der Waals surface area contributed by atoms with E-state index in [2.05, 4.69) is 33.8 Å². The number of fused-ring (bicyclic) bond motifs is 1. The van der Waals surface area contributed by atoms with Crippen molar-refractivity contribution >= 4 is 23.0 Å². The Morgan fingerprint density at radius 2 is 2.09 bits per heavy atom. The minimum absolute atomic E-state index is 0.121. The number of aromatic amines is 1. The highest BCUT2D eigenvalue weighted by molar-refractivity contribution is 7.71. The second-order valence-electron chi connectivity index (χ2n) is 5.30. The highest BCUT2D eigenvalue weighted by Crippen LogP contribution is 2.29. The van der Waals surface area contributed by atoms with E-state index < -0.39 is 0 Å². The zero-order chi connectivity index (χ0) is 15.5. The average molecular weight is 314 g/mol. The molecule has 0 aliphatic carbocycles. The first-order valence-electron chi connectivity index (χ1n) is 7.18. The van der Waals surface area contributed by atoms with Gasteiger partial charge in [-0.3, -0.25) is 5.10 Å². The molecule has 0 saturated heterocycles. The largest absolute Gasteiger partial charge is 0.491 e. The monoisotopic (exact) mass is 314 g/mol. The SMILES string of the molecule is CC(C)Oc1ccc2ccccc2c1CNn1cn[nH]c1=S. The fraction of sp³-hybridized carbons (Fsp3) is 0.250. The number of rotatable bonds is 5. The van der Waals surface area contributed by atoms with Crippen LogP contribution >= 0.6 is 12.2 Å². The van der Waals surface area contributed by atoms with Gasteiger partial charge in [0.1, 0.15) is 12.1 Å². The molecule has 0 amide bonds. The molecule has 0 fully saturated rings. The van der Waals surface area contributed by atoms with Gasteiger partial charge in [-0.05, 0) is 42.9 Å². The standard InChI is InChI=1S/C16H18N4OS/c1-11(2)21-15-8-7-12-5-3-4-6-13(12)14(15)9-18-20-10-17-19-16(20)22/h3-8,10-11,18H,9H2,1-2H3,(H,19,22). The first-order chi connectivity index (χ1) is 10.6. The lowest BCUT2D eigenvalue weighted by atomic mass is 10.0. The van der Waals surface area contributed by atoms with Crippen LogP contribution in [0.1, 0.15) is 19.4 Å². The van der Waals surface area contributed by atoms with Crippen LogP contribution < -0.4 is 10.2 Å². The third kappa shape index (κ3) is 2.96. The number of nitrogens with one attached hydrogen (secondary N) is 2. The van der Waals surface area contributed by atoms with E-state index in [9.17, 15) is 0 Å². The normalized spacial score (nSPS) is 11.0. The van der Waals surface area contributed by atoms with Crippen LogP contribution in [0.4, 0.5) is 0 Å². The third-order valence-electron chi connectivity index (χ3n) is 3.34. The van der Waals surface area contributed by atoms with Crippen molar-refractivity contribution in [3.05, 3.63) is 53.1 Å². The summed E-state index contributed by atoms with van der Waals surface area (Å²) >= 11 is 5.15. The van der Waals surface area contributed by atoms with E-state index in [1.54, 1.807) is 11.0 Å². The average Bonchev–Trinajstić information content (AvgIpc) is 2.91. The molecule has 6 heteroatoms. The first-order valence-corrected chi connectivity index (χ1v) is 7.59. The van der Waals surface area contributed by atoms with Gasteiger partial charge in [-0.1, -0.05) is 30.3 Å². The molecule has 0 aliphatic heterocycles. The molecular weight excluding hydrogens is 296 g/mol. The molecule has 0 unspecified atom stereocenters. The van der Waals surface area contributed by atoms with Crippen molar-refractivity contribution in [3.63, 3.8) is 0 Å². The van der Waals surface area contributed by atoms with Gasteiger partial charge >= 0.3 is 0 Å². The number of nitrogens with zero attached hydrogens (tertiary/aromatic N) is 2. The molecule has 114 valence electrons. The Kier molecular flexibility index (Phi) is 4.11. The Hall–Kier alpha value is -2.34. The van der Waals surface area contributed by atoms with Crippen molar-refractivity contribution < 1.29 is 4.74 Å². The van der Waals surface area contributed by atoms with E-state index in [0.29, 0.717) is 11.3 Å². The summed E-state index contributed by atoms with van der Waals surface area (Å²) in [6.07, 6.45) is 1.74. The number of ether oxygens (including phenoxy) is 1. The summed E-state index contributed by atoms with van der Waals surface area (Å²) in [4.78, 5) is 0. The van der Waals surface area contributed by atoms with Crippen molar-refractivity contribution in [2.75, 3.05) is 5.43 Å². The van der Waals surface area contributed by atoms with E-state index in [4.69, 9.17) is 17.0 Å². The number of H-pyrrole nitrogens is 1. The Morgan fingerprint density at radius 1 is 1.27 bits per heavy atom. The smallest absolute Gasteiger partial charge is 0.214 e. The summed E-state index contributed by atoms with van der Waals surface area (Å²) in [5.41, 5.74) is 4.36. The predicted molar refractivity (Wildman–Crippen MR) is 90.2 cm³/mol. The van der Waals surface area contributed by atoms with Crippen LogP contribution in [0.15, 0.2) is 42.7 Å². The summed E-state index contributed by atoms with van der Waals surface area (Å²) in [6.45, 7) is 4.65. The van der Waals surface area contributed by atoms with Crippen LogP contribution in [-0.2, 0) is 6.54 Å². The Bertz CT molecular complexity index is 837. The van der Waals surface area contributed by atoms with Crippen molar-refractivity contribution in [2.24, 2.45) is 0 Å². The summed E-state index contributed by atoms with van der Waals surface area (Å²) in [6, 6.07) is 12.4. The number of hydrogen-bond acceptors (Lipinski definition) is 4. The highest BCUT2D eigenvalue weighted by Gasteiger charge is 2.10. The van der Waals surface area contributed by atoms with Gasteiger partial charge in [0, 0.05) is 5.56 Å². The lowest BCUT2D eigenvalue weighted by Gasteiger charge is -2.17. The minimum atomic E-state index is 0.121. The van der Waals surface area contributed by atoms with Crippen molar-refractivity contribution in [1.82, 2.24) is 14.9 Å². The van der Waals surface area contributed by atoms with E-state index in [-0.39, 0.29) is 6.10 Å². The summed E-state index contributed by atoms with van der Waals surface area (Å²) < 4.78 is 8.18. The zero-order valence-electron chi connectivity index (χ0n) is 12.5. The van der Waals surface area contributed by atoms with E-state index in [1.807, 2.05) is 32.0 Å². The molecule has 2 N–H and O–H groups in total. The van der Waals surface area contributed by atoms with E-state index in [1.165, 1.54) is 10.8 Å². The fourth-order valence-electron chi connectivity index (χ4n) is 2.39. The number of hydrogen-bond donors (Lipinski definition) is 2. The molecule has 0 aliphatic rings. The molecule has 22 heavy (non-hydrogen) atoms. The van der Waals surface area contributed by atoms with Gasteiger partial charge in [0.2, 0.25) is 4.77 Å². The van der Waals surface area contributed by atoms with Gasteiger partial charge in [-0.25, -0.2) is 4.68 Å². The molecule has 3 aromatic rings. The molecule has 0 bridgehead atoms. The molecule has 0 spiro atoms. The quantitative estimate of drug-likeness (QED) is 0.706. The maximum absolute atomic E-state index is 5.95. The zero-order valence-corrected chi connectivity index (χ0v) is 13.4. The van der Waals surface area contributed by atoms with Crippen LogP contribution in [-0.4, -0.2) is 21.0 Å². The van der Waals surface area contributed by atoms with Crippen LogP contribution in [0, 0.1) is 4.77 Å².